The molecule has 0 spiro atoms. The van der Waals surface area contributed by atoms with Crippen LogP contribution in [0.25, 0.3) is 0 Å². The average molecular weight is 451 g/mol. The molecule has 0 saturated carbocycles. The number of carbonyl (C=O) groups is 1. The van der Waals surface area contributed by atoms with E-state index in [2.05, 4.69) is 15.4 Å². The van der Waals surface area contributed by atoms with Crippen LogP contribution in [0.5, 0.6) is 0 Å². The zero-order valence-corrected chi connectivity index (χ0v) is 18.1. The van der Waals surface area contributed by atoms with Crippen LogP contribution in [-0.4, -0.2) is 46.5 Å². The summed E-state index contributed by atoms with van der Waals surface area (Å²) in [4.78, 5) is 16.8. The highest BCUT2D eigenvalue weighted by molar-refractivity contribution is 7.89. The molecule has 164 valence electrons. The highest BCUT2D eigenvalue weighted by Gasteiger charge is 2.33. The molecule has 9 nitrogen and oxygen atoms in total. The molecule has 0 unspecified atom stereocenters. The van der Waals surface area contributed by atoms with Crippen LogP contribution in [0.2, 0.25) is 0 Å². The molecule has 3 heterocycles. The van der Waals surface area contributed by atoms with Crippen LogP contribution in [0.15, 0.2) is 66.0 Å². The zero-order chi connectivity index (χ0) is 22.6. The first kappa shape index (κ1) is 21.7. The largest absolute Gasteiger partial charge is 0.309 e. The maximum atomic E-state index is 12.9. The van der Waals surface area contributed by atoms with Gasteiger partial charge < -0.3 is 5.32 Å². The van der Waals surface area contributed by atoms with Gasteiger partial charge in [-0.2, -0.15) is 14.7 Å². The smallest absolute Gasteiger partial charge is 0.244 e. The number of sulfonamides is 1. The first-order valence-electron chi connectivity index (χ1n) is 10.2. The van der Waals surface area contributed by atoms with E-state index < -0.39 is 10.0 Å². The van der Waals surface area contributed by atoms with E-state index in [1.54, 1.807) is 41.5 Å². The van der Waals surface area contributed by atoms with Gasteiger partial charge in [-0.1, -0.05) is 18.2 Å². The maximum Gasteiger partial charge on any atom is 0.244 e. The van der Waals surface area contributed by atoms with Crippen LogP contribution in [0.1, 0.15) is 24.0 Å². The predicted molar refractivity (Wildman–Crippen MR) is 117 cm³/mol. The van der Waals surface area contributed by atoms with Gasteiger partial charge in [-0.3, -0.25) is 14.5 Å². The minimum Gasteiger partial charge on any atom is -0.309 e. The van der Waals surface area contributed by atoms with Crippen LogP contribution in [0.4, 0.5) is 5.82 Å². The SMILES string of the molecule is N#Cc1ccccc1S(=O)(=O)N1CCC(C(=O)Nc2ccn(Cc3cccnc3)n2)CC1. The lowest BCUT2D eigenvalue weighted by atomic mass is 9.97. The minimum atomic E-state index is -3.78. The number of piperidine rings is 1. The number of rotatable bonds is 6. The van der Waals surface area contributed by atoms with Gasteiger partial charge in [-0.15, -0.1) is 0 Å². The van der Waals surface area contributed by atoms with Gasteiger partial charge in [0.2, 0.25) is 15.9 Å². The molecule has 0 bridgehead atoms. The molecule has 1 amide bonds. The summed E-state index contributed by atoms with van der Waals surface area (Å²) < 4.78 is 28.9. The molecule has 1 fully saturated rings. The molecule has 0 atom stereocenters. The fraction of sp³-hybridized carbons (Fsp3) is 0.273. The Morgan fingerprint density at radius 3 is 2.66 bits per heavy atom. The summed E-state index contributed by atoms with van der Waals surface area (Å²) in [7, 11) is -3.78. The summed E-state index contributed by atoms with van der Waals surface area (Å²) in [5.41, 5.74) is 1.12. The predicted octanol–water partition coefficient (Wildman–Crippen LogP) is 2.24. The fourth-order valence-electron chi connectivity index (χ4n) is 3.70. The highest BCUT2D eigenvalue weighted by atomic mass is 32.2. The van der Waals surface area contributed by atoms with Crippen molar-refractivity contribution in [3.8, 4) is 6.07 Å². The van der Waals surface area contributed by atoms with Crippen LogP contribution >= 0.6 is 0 Å². The van der Waals surface area contributed by atoms with E-state index in [1.807, 2.05) is 18.2 Å². The summed E-state index contributed by atoms with van der Waals surface area (Å²) in [5, 5.41) is 16.4. The number of benzene rings is 1. The molecule has 1 aromatic carbocycles. The van der Waals surface area contributed by atoms with Crippen molar-refractivity contribution in [3.05, 3.63) is 72.2 Å². The van der Waals surface area contributed by atoms with Crippen molar-refractivity contribution in [1.29, 1.82) is 5.26 Å². The van der Waals surface area contributed by atoms with Crippen molar-refractivity contribution in [2.45, 2.75) is 24.3 Å². The molecule has 1 aliphatic heterocycles. The Hall–Kier alpha value is -3.55. The van der Waals surface area contributed by atoms with Crippen molar-refractivity contribution < 1.29 is 13.2 Å². The van der Waals surface area contributed by atoms with E-state index in [-0.39, 0.29) is 35.4 Å². The highest BCUT2D eigenvalue weighted by Crippen LogP contribution is 2.26. The van der Waals surface area contributed by atoms with E-state index >= 15 is 0 Å². The van der Waals surface area contributed by atoms with Gasteiger partial charge in [0.05, 0.1) is 17.0 Å². The molecule has 2 aromatic heterocycles. The Morgan fingerprint density at radius 1 is 1.16 bits per heavy atom. The molecule has 0 aliphatic carbocycles. The number of amides is 1. The van der Waals surface area contributed by atoms with Gasteiger partial charge >= 0.3 is 0 Å². The summed E-state index contributed by atoms with van der Waals surface area (Å²) in [6.45, 7) is 0.982. The molecule has 10 heteroatoms. The fourth-order valence-corrected chi connectivity index (χ4v) is 5.32. The molecule has 32 heavy (non-hydrogen) atoms. The van der Waals surface area contributed by atoms with E-state index in [0.717, 1.165) is 5.56 Å². The first-order valence-corrected chi connectivity index (χ1v) is 11.6. The van der Waals surface area contributed by atoms with Crippen molar-refractivity contribution in [2.75, 3.05) is 18.4 Å². The average Bonchev–Trinajstić information content (AvgIpc) is 3.26. The van der Waals surface area contributed by atoms with Crippen molar-refractivity contribution in [2.24, 2.45) is 5.92 Å². The zero-order valence-electron chi connectivity index (χ0n) is 17.3. The Labute approximate surface area is 186 Å². The summed E-state index contributed by atoms with van der Waals surface area (Å²) in [6.07, 6.45) is 6.05. The van der Waals surface area contributed by atoms with E-state index in [4.69, 9.17) is 0 Å². The van der Waals surface area contributed by atoms with Gasteiger partial charge in [0.25, 0.3) is 0 Å². The second-order valence-electron chi connectivity index (χ2n) is 7.54. The van der Waals surface area contributed by atoms with Gasteiger partial charge in [-0.25, -0.2) is 8.42 Å². The summed E-state index contributed by atoms with van der Waals surface area (Å²) in [6, 6.07) is 13.6. The van der Waals surface area contributed by atoms with Crippen molar-refractivity contribution in [3.63, 3.8) is 0 Å². The lowest BCUT2D eigenvalue weighted by molar-refractivity contribution is -0.120. The van der Waals surface area contributed by atoms with Gasteiger partial charge in [0.15, 0.2) is 5.82 Å². The summed E-state index contributed by atoms with van der Waals surface area (Å²) >= 11 is 0. The molecule has 4 rings (SSSR count). The molecule has 0 radical (unpaired) electrons. The Kier molecular flexibility index (Phi) is 6.30. The summed E-state index contributed by atoms with van der Waals surface area (Å²) in [5.74, 6) is -0.0286. The number of pyridine rings is 1. The number of nitrogens with one attached hydrogen (secondary N) is 1. The molecular formula is C22H22N6O3S. The van der Waals surface area contributed by atoms with Crippen molar-refractivity contribution >= 4 is 21.7 Å². The molecule has 3 aromatic rings. The lowest BCUT2D eigenvalue weighted by Crippen LogP contribution is -2.41. The van der Waals surface area contributed by atoms with Crippen molar-refractivity contribution in [1.82, 2.24) is 19.1 Å². The normalized spacial score (nSPS) is 15.2. The first-order chi connectivity index (χ1) is 15.5. The van der Waals surface area contributed by atoms with E-state index in [0.29, 0.717) is 25.2 Å². The second-order valence-corrected chi connectivity index (χ2v) is 9.44. The monoisotopic (exact) mass is 450 g/mol. The van der Waals surface area contributed by atoms with Crippen LogP contribution < -0.4 is 5.32 Å². The Morgan fingerprint density at radius 2 is 1.94 bits per heavy atom. The number of nitrogens with zero attached hydrogens (tertiary/aromatic N) is 5. The third kappa shape index (κ3) is 4.69. The maximum absolute atomic E-state index is 12.9. The number of hydrogen-bond acceptors (Lipinski definition) is 6. The number of aromatic nitrogens is 3. The number of anilines is 1. The minimum absolute atomic E-state index is 0.00422. The van der Waals surface area contributed by atoms with Crippen LogP contribution in [0.3, 0.4) is 0 Å². The van der Waals surface area contributed by atoms with E-state index in [9.17, 15) is 18.5 Å². The topological polar surface area (TPSA) is 121 Å². The van der Waals surface area contributed by atoms with Gasteiger partial charge in [-0.05, 0) is 36.6 Å². The third-order valence-corrected chi connectivity index (χ3v) is 7.37. The van der Waals surface area contributed by atoms with E-state index in [1.165, 1.54) is 16.4 Å². The number of nitriles is 1. The van der Waals surface area contributed by atoms with Gasteiger partial charge in [0.1, 0.15) is 6.07 Å². The standard InChI is InChI=1S/C22H22N6O3S/c23-14-19-5-1-2-6-20(19)32(30,31)28-12-7-18(8-13-28)22(29)25-21-9-11-27(26-21)16-17-4-3-10-24-15-17/h1-6,9-11,15,18H,7-8,12-13,16H2,(H,25,26,29). The molecular weight excluding hydrogens is 428 g/mol. The second kappa shape index (κ2) is 9.30. The van der Waals surface area contributed by atoms with Gasteiger partial charge in [0, 0.05) is 43.7 Å². The third-order valence-electron chi connectivity index (χ3n) is 5.41. The van der Waals surface area contributed by atoms with Crippen LogP contribution in [-0.2, 0) is 21.4 Å². The molecule has 1 saturated heterocycles. The lowest BCUT2D eigenvalue weighted by Gasteiger charge is -2.30. The molecule has 1 N–H and O–H groups in total. The molecule has 1 aliphatic rings. The van der Waals surface area contributed by atoms with Crippen LogP contribution in [0, 0.1) is 17.2 Å². The Bertz CT molecular complexity index is 1240. The number of carbonyl (C=O) groups excluding carboxylic acids is 1. The Balaban J connectivity index is 1.34. The quantitative estimate of drug-likeness (QED) is 0.615. The number of hydrogen-bond donors (Lipinski definition) is 1.